The van der Waals surface area contributed by atoms with Gasteiger partial charge in [-0.3, -0.25) is 4.90 Å². The molecule has 1 aromatic carbocycles. The molecule has 212 valence electrons. The number of nitrogens with zero attached hydrogens (tertiary/aromatic N) is 3. The maximum atomic E-state index is 12.6. The predicted octanol–water partition coefficient (Wildman–Crippen LogP) is 4.04. The molecule has 9 heteroatoms. The summed E-state index contributed by atoms with van der Waals surface area (Å²) in [5.74, 6) is 1.30. The van der Waals surface area contributed by atoms with Crippen LogP contribution in [0, 0.1) is 5.92 Å². The fourth-order valence-corrected chi connectivity index (χ4v) is 5.22. The van der Waals surface area contributed by atoms with Gasteiger partial charge in [0.1, 0.15) is 24.2 Å². The molecule has 2 unspecified atom stereocenters. The lowest BCUT2D eigenvalue weighted by molar-refractivity contribution is -0.139. The van der Waals surface area contributed by atoms with Gasteiger partial charge in [-0.15, -0.1) is 0 Å². The van der Waals surface area contributed by atoms with Crippen LogP contribution in [0.5, 0.6) is 5.75 Å². The van der Waals surface area contributed by atoms with Crippen molar-refractivity contribution in [3.63, 3.8) is 0 Å². The number of nitrogens with one attached hydrogen (secondary N) is 2. The van der Waals surface area contributed by atoms with E-state index in [-0.39, 0.29) is 6.03 Å². The number of benzene rings is 1. The van der Waals surface area contributed by atoms with E-state index in [1.165, 1.54) is 5.56 Å². The van der Waals surface area contributed by atoms with Crippen LogP contribution in [0.25, 0.3) is 0 Å². The van der Waals surface area contributed by atoms with Crippen molar-refractivity contribution in [3.05, 3.63) is 53.7 Å². The molecule has 2 aliphatic rings. The number of pyridine rings is 1. The normalized spacial score (nSPS) is 17.4. The van der Waals surface area contributed by atoms with Crippen LogP contribution in [0.3, 0.4) is 0 Å². The summed E-state index contributed by atoms with van der Waals surface area (Å²) in [6, 6.07) is 12.8. The number of hydrogen-bond donors (Lipinski definition) is 3. The maximum Gasteiger partial charge on any atom is 0.326 e. The molecule has 1 fully saturated rings. The molecule has 4 rings (SSSR count). The number of unbranched alkanes of at least 4 members (excludes halogenated alkanes) is 1. The van der Waals surface area contributed by atoms with Crippen LogP contribution in [0.2, 0.25) is 0 Å². The number of para-hydroxylation sites is 1. The topological polar surface area (TPSA) is 107 Å². The van der Waals surface area contributed by atoms with E-state index in [1.54, 1.807) is 4.90 Å². The zero-order chi connectivity index (χ0) is 27.5. The van der Waals surface area contributed by atoms with Crippen LogP contribution in [-0.4, -0.2) is 83.8 Å². The number of hydrogen-bond acceptors (Lipinski definition) is 6. The number of carbonyl (C=O) groups is 2. The number of aryl methyl sites for hydroxylation is 2. The first kappa shape index (κ1) is 28.7. The van der Waals surface area contributed by atoms with E-state index in [9.17, 15) is 14.7 Å². The fourth-order valence-electron chi connectivity index (χ4n) is 5.22. The molecule has 1 saturated heterocycles. The highest BCUT2D eigenvalue weighted by molar-refractivity contribution is 5.82. The number of anilines is 1. The van der Waals surface area contributed by atoms with Gasteiger partial charge in [-0.1, -0.05) is 31.2 Å². The number of carboxylic acids is 1. The zero-order valence-electron chi connectivity index (χ0n) is 23.1. The van der Waals surface area contributed by atoms with Gasteiger partial charge in [-0.25, -0.2) is 14.6 Å². The third kappa shape index (κ3) is 9.13. The summed E-state index contributed by atoms with van der Waals surface area (Å²) in [5.41, 5.74) is 2.40. The van der Waals surface area contributed by atoms with Gasteiger partial charge in [0, 0.05) is 38.4 Å². The third-order valence-corrected chi connectivity index (χ3v) is 7.57. The van der Waals surface area contributed by atoms with E-state index in [0.717, 1.165) is 68.9 Å². The second kappa shape index (κ2) is 14.7. The number of rotatable bonds is 14. The number of likely N-dealkylation sites (tertiary alicyclic amines) is 1. The number of aromatic nitrogens is 1. The molecule has 0 spiro atoms. The first-order valence-electron chi connectivity index (χ1n) is 14.4. The van der Waals surface area contributed by atoms with E-state index in [4.69, 9.17) is 9.72 Å². The molecular formula is C30H43N5O4. The van der Waals surface area contributed by atoms with Crippen molar-refractivity contribution in [1.82, 2.24) is 20.1 Å². The summed E-state index contributed by atoms with van der Waals surface area (Å²) in [5, 5.41) is 15.9. The Morgan fingerprint density at radius 1 is 1.18 bits per heavy atom. The van der Waals surface area contributed by atoms with E-state index < -0.39 is 12.0 Å². The SMILES string of the molecule is CC1CCN(C(=O)NC(CCN(CCCCc2ccc3c(n2)NCCC3)CCOc2ccccc2)C(=O)O)C1. The molecule has 1 aromatic heterocycles. The number of carboxylic acid groups (broad SMARTS) is 1. The van der Waals surface area contributed by atoms with Gasteiger partial charge in [-0.05, 0) is 81.2 Å². The Hall–Kier alpha value is -3.33. The highest BCUT2D eigenvalue weighted by Crippen LogP contribution is 2.20. The second-order valence-corrected chi connectivity index (χ2v) is 10.8. The summed E-state index contributed by atoms with van der Waals surface area (Å²) in [4.78, 5) is 33.3. The molecule has 2 aromatic rings. The predicted molar refractivity (Wildman–Crippen MR) is 152 cm³/mol. The van der Waals surface area contributed by atoms with E-state index in [2.05, 4.69) is 34.6 Å². The number of amides is 2. The Labute approximate surface area is 231 Å². The van der Waals surface area contributed by atoms with Gasteiger partial charge in [-0.2, -0.15) is 0 Å². The van der Waals surface area contributed by atoms with E-state index in [0.29, 0.717) is 45.1 Å². The van der Waals surface area contributed by atoms with Gasteiger partial charge in [0.25, 0.3) is 0 Å². The van der Waals surface area contributed by atoms with Gasteiger partial charge in [0.2, 0.25) is 0 Å². The van der Waals surface area contributed by atoms with E-state index in [1.807, 2.05) is 30.3 Å². The molecule has 2 atom stereocenters. The monoisotopic (exact) mass is 537 g/mol. The van der Waals surface area contributed by atoms with E-state index >= 15 is 0 Å². The molecule has 3 N–H and O–H groups in total. The van der Waals surface area contributed by atoms with Crippen LogP contribution >= 0.6 is 0 Å². The minimum absolute atomic E-state index is 0.280. The average Bonchev–Trinajstić information content (AvgIpc) is 3.39. The van der Waals surface area contributed by atoms with Crippen LogP contribution in [0.1, 0.15) is 50.3 Å². The maximum absolute atomic E-state index is 12.6. The molecule has 9 nitrogen and oxygen atoms in total. The lowest BCUT2D eigenvalue weighted by atomic mass is 10.1. The second-order valence-electron chi connectivity index (χ2n) is 10.8. The van der Waals surface area contributed by atoms with Crippen molar-refractivity contribution in [3.8, 4) is 5.75 Å². The smallest absolute Gasteiger partial charge is 0.326 e. The highest BCUT2D eigenvalue weighted by atomic mass is 16.5. The summed E-state index contributed by atoms with van der Waals surface area (Å²) >= 11 is 0. The van der Waals surface area contributed by atoms with Crippen LogP contribution in [0.4, 0.5) is 10.6 Å². The molecule has 3 heterocycles. The minimum Gasteiger partial charge on any atom is -0.492 e. The van der Waals surface area contributed by atoms with Crippen molar-refractivity contribution in [2.75, 3.05) is 51.2 Å². The van der Waals surface area contributed by atoms with Crippen LogP contribution < -0.4 is 15.4 Å². The number of fused-ring (bicyclic) bond motifs is 1. The minimum atomic E-state index is -0.997. The molecule has 0 saturated carbocycles. The lowest BCUT2D eigenvalue weighted by Crippen LogP contribution is -2.48. The summed E-state index contributed by atoms with van der Waals surface area (Å²) in [6.07, 6.45) is 6.41. The first-order valence-corrected chi connectivity index (χ1v) is 14.4. The number of aliphatic carboxylic acids is 1. The quantitative estimate of drug-likeness (QED) is 0.312. The summed E-state index contributed by atoms with van der Waals surface area (Å²) in [6.45, 7) is 7.03. The van der Waals surface area contributed by atoms with Crippen molar-refractivity contribution in [1.29, 1.82) is 0 Å². The summed E-state index contributed by atoms with van der Waals surface area (Å²) < 4.78 is 5.91. The Bertz CT molecular complexity index is 1070. The molecule has 0 aliphatic carbocycles. The molecule has 0 radical (unpaired) electrons. The van der Waals surface area contributed by atoms with Gasteiger partial charge >= 0.3 is 12.0 Å². The summed E-state index contributed by atoms with van der Waals surface area (Å²) in [7, 11) is 0. The van der Waals surface area contributed by atoms with Gasteiger partial charge in [0.15, 0.2) is 0 Å². The Balaban J connectivity index is 1.27. The number of carbonyl (C=O) groups excluding carboxylic acids is 1. The molecule has 39 heavy (non-hydrogen) atoms. The zero-order valence-corrected chi connectivity index (χ0v) is 23.1. The number of urea groups is 1. The van der Waals surface area contributed by atoms with Gasteiger partial charge < -0.3 is 25.4 Å². The average molecular weight is 538 g/mol. The molecular weight excluding hydrogens is 494 g/mol. The standard InChI is InChI=1S/C30H43N5O4/c1-23-14-19-35(22-23)30(38)33-27(29(36)37)15-18-34(20-21-39-26-10-3-2-4-11-26)17-6-5-9-25-13-12-24-8-7-16-31-28(24)32-25/h2-4,10-13,23,27H,5-9,14-22H2,1H3,(H,31,32)(H,33,38)(H,36,37). The van der Waals surface area contributed by atoms with Crippen molar-refractivity contribution in [2.24, 2.45) is 5.92 Å². The molecule has 2 aliphatic heterocycles. The molecule has 0 bridgehead atoms. The lowest BCUT2D eigenvalue weighted by Gasteiger charge is -2.25. The largest absolute Gasteiger partial charge is 0.492 e. The Kier molecular flexibility index (Phi) is 10.8. The molecule has 2 amide bonds. The number of ether oxygens (including phenoxy) is 1. The van der Waals surface area contributed by atoms with Crippen LogP contribution in [0.15, 0.2) is 42.5 Å². The third-order valence-electron chi connectivity index (χ3n) is 7.57. The van der Waals surface area contributed by atoms with Gasteiger partial charge in [0.05, 0.1) is 0 Å². The highest BCUT2D eigenvalue weighted by Gasteiger charge is 2.27. The van der Waals surface area contributed by atoms with Crippen molar-refractivity contribution in [2.45, 2.75) is 57.9 Å². The fraction of sp³-hybridized carbons (Fsp3) is 0.567. The van der Waals surface area contributed by atoms with Crippen molar-refractivity contribution < 1.29 is 19.4 Å². The Morgan fingerprint density at radius 3 is 2.79 bits per heavy atom. The first-order chi connectivity index (χ1) is 19.0. The van der Waals surface area contributed by atoms with Crippen LogP contribution in [-0.2, 0) is 17.6 Å². The van der Waals surface area contributed by atoms with Crippen molar-refractivity contribution >= 4 is 17.8 Å². The Morgan fingerprint density at radius 2 is 2.03 bits per heavy atom.